The normalized spacial score (nSPS) is 13.7. The van der Waals surface area contributed by atoms with E-state index >= 15 is 0 Å². The smallest absolute Gasteiger partial charge is 0.223 e. The number of benzene rings is 3. The largest absolute Gasteiger partial charge is 0.399 e. The fraction of sp³-hybridized carbons (Fsp3) is 0.240. The second-order valence-corrected chi connectivity index (χ2v) is 9.21. The molecule has 0 aliphatic rings. The van der Waals surface area contributed by atoms with Crippen LogP contribution in [0.1, 0.15) is 17.5 Å². The quantitative estimate of drug-likeness (QED) is 0.312. The summed E-state index contributed by atoms with van der Waals surface area (Å²) in [5, 5.41) is 13.2. The Bertz CT molecular complexity index is 1110. The van der Waals surface area contributed by atoms with Gasteiger partial charge in [-0.2, -0.15) is 0 Å². The molecule has 0 aliphatic carbocycles. The Hall–Kier alpha value is -3.14. The van der Waals surface area contributed by atoms with Crippen molar-refractivity contribution in [2.24, 2.45) is 5.92 Å². The number of halogens is 2. The highest BCUT2D eigenvalue weighted by molar-refractivity contribution is 7.83. The Morgan fingerprint density at radius 2 is 1.74 bits per heavy atom. The van der Waals surface area contributed by atoms with Crippen molar-refractivity contribution in [1.82, 2.24) is 10.0 Å². The predicted molar refractivity (Wildman–Crippen MR) is 128 cm³/mol. The minimum absolute atomic E-state index is 0.00213. The molecule has 0 aromatic heterocycles. The lowest BCUT2D eigenvalue weighted by Crippen LogP contribution is -2.37. The SMILES string of the molecule is Nc1ccc(S(=O)NCC(O)CC(Cc2ccccc2)C(=O)NCc2ccc(F)cc2F)cc1. The zero-order chi connectivity index (χ0) is 24.5. The molecule has 3 unspecified atom stereocenters. The van der Waals surface area contributed by atoms with Gasteiger partial charge in [-0.05, 0) is 48.7 Å². The lowest BCUT2D eigenvalue weighted by atomic mass is 9.92. The summed E-state index contributed by atoms with van der Waals surface area (Å²) in [6, 6.07) is 19.0. The monoisotopic (exact) mass is 487 g/mol. The summed E-state index contributed by atoms with van der Waals surface area (Å²) in [7, 11) is -1.55. The van der Waals surface area contributed by atoms with Crippen molar-refractivity contribution in [3.63, 3.8) is 0 Å². The number of aliphatic hydroxyl groups excluding tert-OH is 1. The lowest BCUT2D eigenvalue weighted by Gasteiger charge is -2.21. The molecule has 0 spiro atoms. The highest BCUT2D eigenvalue weighted by Crippen LogP contribution is 2.17. The molecule has 1 amide bonds. The van der Waals surface area contributed by atoms with Crippen molar-refractivity contribution in [1.29, 1.82) is 0 Å². The third kappa shape index (κ3) is 7.72. The van der Waals surface area contributed by atoms with Gasteiger partial charge in [-0.15, -0.1) is 0 Å². The highest BCUT2D eigenvalue weighted by atomic mass is 32.2. The molecule has 6 nitrogen and oxygen atoms in total. The van der Waals surface area contributed by atoms with Crippen LogP contribution in [0.4, 0.5) is 14.5 Å². The first-order valence-corrected chi connectivity index (χ1v) is 11.9. The first-order chi connectivity index (χ1) is 16.3. The number of nitrogens with one attached hydrogen (secondary N) is 2. The molecular weight excluding hydrogens is 460 g/mol. The average molecular weight is 488 g/mol. The van der Waals surface area contributed by atoms with Crippen LogP contribution in [-0.4, -0.2) is 27.9 Å². The molecule has 34 heavy (non-hydrogen) atoms. The van der Waals surface area contributed by atoms with Gasteiger partial charge >= 0.3 is 0 Å². The summed E-state index contributed by atoms with van der Waals surface area (Å²) in [4.78, 5) is 13.4. The second kappa shape index (κ2) is 12.4. The summed E-state index contributed by atoms with van der Waals surface area (Å²) >= 11 is 0. The third-order valence-corrected chi connectivity index (χ3v) is 6.39. The van der Waals surface area contributed by atoms with E-state index in [1.54, 1.807) is 24.3 Å². The molecule has 0 saturated heterocycles. The molecule has 3 atom stereocenters. The van der Waals surface area contributed by atoms with Gasteiger partial charge in [-0.1, -0.05) is 36.4 Å². The van der Waals surface area contributed by atoms with Crippen LogP contribution in [0, 0.1) is 17.6 Å². The van der Waals surface area contributed by atoms with E-state index in [4.69, 9.17) is 5.73 Å². The number of aliphatic hydroxyl groups is 1. The fourth-order valence-electron chi connectivity index (χ4n) is 3.43. The minimum Gasteiger partial charge on any atom is -0.399 e. The Balaban J connectivity index is 1.61. The maximum absolute atomic E-state index is 13.9. The minimum atomic E-state index is -1.55. The van der Waals surface area contributed by atoms with Crippen LogP contribution in [0.5, 0.6) is 0 Å². The van der Waals surface area contributed by atoms with E-state index in [2.05, 4.69) is 10.0 Å². The number of carbonyl (C=O) groups excluding carboxylic acids is 1. The van der Waals surface area contributed by atoms with Crippen molar-refractivity contribution in [3.8, 4) is 0 Å². The summed E-state index contributed by atoms with van der Waals surface area (Å²) in [6.45, 7) is -0.103. The molecule has 5 N–H and O–H groups in total. The molecular formula is C25H27F2N3O3S. The van der Waals surface area contributed by atoms with E-state index in [0.29, 0.717) is 17.0 Å². The molecule has 3 rings (SSSR count). The zero-order valence-corrected chi connectivity index (χ0v) is 19.2. The van der Waals surface area contributed by atoms with E-state index in [1.165, 1.54) is 6.07 Å². The molecule has 0 bridgehead atoms. The van der Waals surface area contributed by atoms with Gasteiger partial charge in [-0.25, -0.2) is 17.7 Å². The fourth-order valence-corrected chi connectivity index (χ4v) is 4.33. The molecule has 0 fully saturated rings. The summed E-state index contributed by atoms with van der Waals surface area (Å²) < 4.78 is 42.2. The van der Waals surface area contributed by atoms with Gasteiger partial charge in [0, 0.05) is 36.3 Å². The van der Waals surface area contributed by atoms with Crippen molar-refractivity contribution >= 4 is 22.6 Å². The molecule has 9 heteroatoms. The molecule has 0 heterocycles. The molecule has 0 saturated carbocycles. The van der Waals surface area contributed by atoms with Gasteiger partial charge in [0.15, 0.2) is 0 Å². The van der Waals surface area contributed by atoms with Gasteiger partial charge in [0.05, 0.1) is 11.0 Å². The molecule has 0 radical (unpaired) electrons. The summed E-state index contributed by atoms with van der Waals surface area (Å²) in [5.41, 5.74) is 7.25. The Labute approximate surface area is 199 Å². The first-order valence-electron chi connectivity index (χ1n) is 10.8. The van der Waals surface area contributed by atoms with Crippen LogP contribution in [-0.2, 0) is 28.7 Å². The summed E-state index contributed by atoms with van der Waals surface area (Å²) in [6.07, 6.45) is -0.505. The summed E-state index contributed by atoms with van der Waals surface area (Å²) in [5.74, 6) is -2.42. The van der Waals surface area contributed by atoms with Gasteiger partial charge in [-0.3, -0.25) is 4.79 Å². The average Bonchev–Trinajstić information content (AvgIpc) is 2.82. The number of nitrogen functional groups attached to an aromatic ring is 1. The molecule has 0 aliphatic heterocycles. The Morgan fingerprint density at radius 3 is 2.41 bits per heavy atom. The number of rotatable bonds is 11. The van der Waals surface area contributed by atoms with Crippen LogP contribution < -0.4 is 15.8 Å². The number of nitrogens with two attached hydrogens (primary N) is 1. The number of hydrogen-bond acceptors (Lipinski definition) is 4. The van der Waals surface area contributed by atoms with Crippen molar-refractivity contribution in [2.45, 2.75) is 30.4 Å². The number of anilines is 1. The van der Waals surface area contributed by atoms with Gasteiger partial charge in [0.2, 0.25) is 5.91 Å². The lowest BCUT2D eigenvalue weighted by molar-refractivity contribution is -0.126. The second-order valence-electron chi connectivity index (χ2n) is 7.92. The standard InChI is InChI=1S/C25H27F2N3O3S/c26-20-7-6-18(24(27)14-20)15-29-25(32)19(12-17-4-2-1-3-5-17)13-22(31)16-30-34(33)23-10-8-21(28)9-11-23/h1-11,14,19,22,30-31H,12-13,15-16,28H2,(H,29,32). The maximum atomic E-state index is 13.9. The van der Waals surface area contributed by atoms with Gasteiger partial charge in [0.25, 0.3) is 0 Å². The molecule has 3 aromatic rings. The number of carbonyl (C=O) groups is 1. The predicted octanol–water partition coefficient (Wildman–Crippen LogP) is 3.09. The van der Waals surface area contributed by atoms with Gasteiger partial charge < -0.3 is 16.2 Å². The number of hydrogen-bond donors (Lipinski definition) is 4. The third-order valence-electron chi connectivity index (χ3n) is 5.26. The Kier molecular flexibility index (Phi) is 9.26. The Morgan fingerprint density at radius 1 is 1.03 bits per heavy atom. The van der Waals surface area contributed by atoms with Crippen LogP contribution in [0.3, 0.4) is 0 Å². The zero-order valence-electron chi connectivity index (χ0n) is 18.4. The molecule has 3 aromatic carbocycles. The maximum Gasteiger partial charge on any atom is 0.223 e. The highest BCUT2D eigenvalue weighted by Gasteiger charge is 2.23. The van der Waals surface area contributed by atoms with E-state index in [-0.39, 0.29) is 31.0 Å². The van der Waals surface area contributed by atoms with E-state index in [0.717, 1.165) is 17.7 Å². The van der Waals surface area contributed by atoms with Crippen LogP contribution in [0.25, 0.3) is 0 Å². The van der Waals surface area contributed by atoms with E-state index < -0.39 is 34.6 Å². The molecule has 180 valence electrons. The topological polar surface area (TPSA) is 104 Å². The van der Waals surface area contributed by atoms with E-state index in [9.17, 15) is 22.9 Å². The van der Waals surface area contributed by atoms with Crippen LogP contribution in [0.2, 0.25) is 0 Å². The van der Waals surface area contributed by atoms with Crippen LogP contribution >= 0.6 is 0 Å². The van der Waals surface area contributed by atoms with E-state index in [1.807, 2.05) is 30.3 Å². The van der Waals surface area contributed by atoms with Gasteiger partial charge in [0.1, 0.15) is 22.6 Å². The van der Waals surface area contributed by atoms with Crippen LogP contribution in [0.15, 0.2) is 77.7 Å². The first kappa shape index (κ1) is 25.5. The van der Waals surface area contributed by atoms with Crippen molar-refractivity contribution in [3.05, 3.63) is 95.6 Å². The van der Waals surface area contributed by atoms with Crippen molar-refractivity contribution in [2.75, 3.05) is 12.3 Å². The van der Waals surface area contributed by atoms with Crippen molar-refractivity contribution < 1.29 is 22.9 Å². The number of amides is 1.